The fraction of sp³-hybridized carbons (Fsp3) is 0.458. The van der Waals surface area contributed by atoms with Gasteiger partial charge in [-0.1, -0.05) is 30.3 Å². The van der Waals surface area contributed by atoms with E-state index in [-0.39, 0.29) is 37.1 Å². The third-order valence-corrected chi connectivity index (χ3v) is 6.40. The van der Waals surface area contributed by atoms with Gasteiger partial charge in [-0.2, -0.15) is 26.3 Å². The number of piperidine rings is 1. The van der Waals surface area contributed by atoms with Gasteiger partial charge < -0.3 is 21.1 Å². The number of halogens is 6. The molecule has 3 rings (SSSR count). The van der Waals surface area contributed by atoms with E-state index in [9.17, 15) is 31.1 Å². The Hall–Kier alpha value is -2.63. The molecule has 0 unspecified atom stereocenters. The van der Waals surface area contributed by atoms with E-state index in [1.165, 1.54) is 14.0 Å². The maximum Gasteiger partial charge on any atom is 0.416 e. The number of ether oxygens (including phenoxy) is 1. The largest absolute Gasteiger partial charge is 0.416 e. The van der Waals surface area contributed by atoms with Crippen LogP contribution >= 0.6 is 0 Å². The maximum atomic E-state index is 13.3. The average Bonchev–Trinajstić information content (AvgIpc) is 2.82. The van der Waals surface area contributed by atoms with E-state index in [1.54, 1.807) is 12.1 Å². The van der Waals surface area contributed by atoms with Crippen LogP contribution in [0.4, 0.5) is 26.3 Å². The molecule has 1 amide bonds. The Kier molecular flexibility index (Phi) is 7.54. The highest BCUT2D eigenvalue weighted by atomic mass is 19.4. The fourth-order valence-electron chi connectivity index (χ4n) is 4.17. The summed E-state index contributed by atoms with van der Waals surface area (Å²) in [6.07, 6.45) is -10.3. The molecule has 0 bridgehead atoms. The number of hydrogen-bond donors (Lipinski definition) is 3. The summed E-state index contributed by atoms with van der Waals surface area (Å²) in [6, 6.07) is 10.5. The zero-order chi connectivity index (χ0) is 26.1. The molecular weight excluding hydrogens is 476 g/mol. The summed E-state index contributed by atoms with van der Waals surface area (Å²) in [4.78, 5) is 12.2. The second-order valence-corrected chi connectivity index (χ2v) is 8.83. The SMILES string of the molecule is CNC(=O)[C@@]1(N)CC[C@@](CO[C@H](C)c2cc(C(F)(F)F)cc(C(F)(F)F)c2)(c2ccccc2)NC1. The van der Waals surface area contributed by atoms with Gasteiger partial charge in [0.2, 0.25) is 5.91 Å². The number of alkyl halides is 6. The molecule has 2 aromatic rings. The summed E-state index contributed by atoms with van der Waals surface area (Å²) < 4.78 is 85.5. The van der Waals surface area contributed by atoms with Crippen molar-refractivity contribution in [2.75, 3.05) is 20.2 Å². The summed E-state index contributed by atoms with van der Waals surface area (Å²) >= 11 is 0. The second-order valence-electron chi connectivity index (χ2n) is 8.83. The predicted octanol–water partition coefficient (Wildman–Crippen LogP) is 4.52. The molecule has 0 aromatic heterocycles. The van der Waals surface area contributed by atoms with Crippen molar-refractivity contribution in [3.05, 3.63) is 70.8 Å². The minimum absolute atomic E-state index is 0.0698. The summed E-state index contributed by atoms with van der Waals surface area (Å²) in [6.45, 7) is 1.43. The number of carbonyl (C=O) groups is 1. The van der Waals surface area contributed by atoms with E-state index < -0.39 is 40.7 Å². The lowest BCUT2D eigenvalue weighted by Gasteiger charge is -2.45. The topological polar surface area (TPSA) is 76.4 Å². The molecule has 1 heterocycles. The molecule has 5 nitrogen and oxygen atoms in total. The lowest BCUT2D eigenvalue weighted by Crippen LogP contribution is -2.67. The lowest BCUT2D eigenvalue weighted by molar-refractivity contribution is -0.143. The van der Waals surface area contributed by atoms with Crippen LogP contribution in [0.5, 0.6) is 0 Å². The second kappa shape index (κ2) is 9.79. The molecule has 3 atom stereocenters. The van der Waals surface area contributed by atoms with Gasteiger partial charge in [0.15, 0.2) is 0 Å². The van der Waals surface area contributed by atoms with Crippen molar-refractivity contribution in [1.82, 2.24) is 10.6 Å². The smallest absolute Gasteiger partial charge is 0.372 e. The summed E-state index contributed by atoms with van der Waals surface area (Å²) in [7, 11) is 1.48. The molecule has 1 aliphatic heterocycles. The first kappa shape index (κ1) is 27.0. The number of benzene rings is 2. The normalized spacial score (nSPS) is 24.1. The molecule has 1 saturated heterocycles. The highest BCUT2D eigenvalue weighted by Crippen LogP contribution is 2.39. The standard InChI is InChI=1S/C24H27F6N3O2/c1-15(16-10-18(23(25,26)27)12-19(11-16)24(28,29)30)35-14-22(17-6-4-3-5-7-17)9-8-21(31,13-33-22)20(34)32-2/h3-7,10-12,15,33H,8-9,13-14,31H2,1-2H3,(H,32,34)/t15-,21-,22-/m1/s1. The van der Waals surface area contributed by atoms with Gasteiger partial charge >= 0.3 is 12.4 Å². The minimum atomic E-state index is -4.95. The first-order valence-corrected chi connectivity index (χ1v) is 10.9. The third kappa shape index (κ3) is 5.96. The Morgan fingerprint density at radius 3 is 2.09 bits per heavy atom. The first-order valence-electron chi connectivity index (χ1n) is 10.9. The molecule has 0 saturated carbocycles. The Morgan fingerprint density at radius 2 is 1.63 bits per heavy atom. The van der Waals surface area contributed by atoms with Crippen LogP contribution in [-0.2, 0) is 27.4 Å². The van der Waals surface area contributed by atoms with Gasteiger partial charge in [0, 0.05) is 13.6 Å². The zero-order valence-corrected chi connectivity index (χ0v) is 19.2. The van der Waals surface area contributed by atoms with E-state index in [1.807, 2.05) is 18.2 Å². The van der Waals surface area contributed by atoms with Crippen LogP contribution in [0.3, 0.4) is 0 Å². The van der Waals surface area contributed by atoms with Crippen molar-refractivity contribution in [3.63, 3.8) is 0 Å². The first-order chi connectivity index (χ1) is 16.2. The van der Waals surface area contributed by atoms with Crippen molar-refractivity contribution in [2.45, 2.75) is 49.3 Å². The Bertz CT molecular complexity index is 1000. The van der Waals surface area contributed by atoms with Crippen LogP contribution in [0.15, 0.2) is 48.5 Å². The Labute approximate surface area is 199 Å². The fourth-order valence-corrected chi connectivity index (χ4v) is 4.17. The van der Waals surface area contributed by atoms with E-state index >= 15 is 0 Å². The summed E-state index contributed by atoms with van der Waals surface area (Å²) in [5.74, 6) is -0.343. The van der Waals surface area contributed by atoms with Gasteiger partial charge in [0.1, 0.15) is 5.54 Å². The quantitative estimate of drug-likeness (QED) is 0.507. The maximum absolute atomic E-state index is 13.3. The van der Waals surface area contributed by atoms with Crippen LogP contribution in [0.1, 0.15) is 48.1 Å². The Balaban J connectivity index is 1.88. The van der Waals surface area contributed by atoms with Crippen LogP contribution in [-0.4, -0.2) is 31.6 Å². The number of carbonyl (C=O) groups excluding carboxylic acids is 1. The van der Waals surface area contributed by atoms with Gasteiger partial charge in [-0.15, -0.1) is 0 Å². The van der Waals surface area contributed by atoms with Gasteiger partial charge in [0.25, 0.3) is 0 Å². The van der Waals surface area contributed by atoms with E-state index in [4.69, 9.17) is 10.5 Å². The number of likely N-dealkylation sites (N-methyl/N-ethyl adjacent to an activating group) is 1. The molecule has 192 valence electrons. The number of nitrogens with one attached hydrogen (secondary N) is 2. The average molecular weight is 503 g/mol. The summed E-state index contributed by atoms with van der Waals surface area (Å²) in [5, 5.41) is 5.79. The molecule has 2 aromatic carbocycles. The molecule has 0 spiro atoms. The molecule has 0 radical (unpaired) electrons. The zero-order valence-electron chi connectivity index (χ0n) is 19.2. The molecule has 1 aliphatic rings. The van der Waals surface area contributed by atoms with Crippen LogP contribution in [0.2, 0.25) is 0 Å². The van der Waals surface area contributed by atoms with Gasteiger partial charge in [-0.05, 0) is 49.1 Å². The highest BCUT2D eigenvalue weighted by molar-refractivity contribution is 5.86. The van der Waals surface area contributed by atoms with Gasteiger partial charge in [-0.25, -0.2) is 0 Å². The Morgan fingerprint density at radius 1 is 1.06 bits per heavy atom. The van der Waals surface area contributed by atoms with E-state index in [2.05, 4.69) is 10.6 Å². The monoisotopic (exact) mass is 503 g/mol. The van der Waals surface area contributed by atoms with E-state index in [0.717, 1.165) is 5.56 Å². The summed E-state index contributed by atoms with van der Waals surface area (Å²) in [5.41, 5.74) is 1.99. The van der Waals surface area contributed by atoms with Crippen molar-refractivity contribution in [1.29, 1.82) is 0 Å². The number of amides is 1. The number of hydrogen-bond acceptors (Lipinski definition) is 4. The lowest BCUT2D eigenvalue weighted by atomic mass is 9.76. The molecule has 35 heavy (non-hydrogen) atoms. The molecule has 1 fully saturated rings. The molecule has 0 aliphatic carbocycles. The third-order valence-electron chi connectivity index (χ3n) is 6.40. The highest BCUT2D eigenvalue weighted by Gasteiger charge is 2.45. The van der Waals surface area contributed by atoms with Crippen LogP contribution < -0.4 is 16.4 Å². The molecule has 11 heteroatoms. The number of nitrogens with two attached hydrogens (primary N) is 1. The van der Waals surface area contributed by atoms with Crippen LogP contribution in [0, 0.1) is 0 Å². The van der Waals surface area contributed by atoms with Gasteiger partial charge in [-0.3, -0.25) is 4.79 Å². The molecular formula is C24H27F6N3O2. The van der Waals surface area contributed by atoms with Crippen LogP contribution in [0.25, 0.3) is 0 Å². The predicted molar refractivity (Wildman–Crippen MR) is 117 cm³/mol. The van der Waals surface area contributed by atoms with Crippen molar-refractivity contribution >= 4 is 5.91 Å². The van der Waals surface area contributed by atoms with Gasteiger partial charge in [0.05, 0.1) is 29.4 Å². The van der Waals surface area contributed by atoms with Crippen molar-refractivity contribution in [2.24, 2.45) is 5.73 Å². The van der Waals surface area contributed by atoms with Crippen molar-refractivity contribution in [3.8, 4) is 0 Å². The van der Waals surface area contributed by atoms with Crippen molar-refractivity contribution < 1.29 is 35.9 Å². The number of rotatable bonds is 6. The molecule has 4 N–H and O–H groups in total. The minimum Gasteiger partial charge on any atom is -0.372 e. The van der Waals surface area contributed by atoms with E-state index in [0.29, 0.717) is 18.6 Å².